The van der Waals surface area contributed by atoms with Crippen LogP contribution in [0.15, 0.2) is 60.2 Å². The summed E-state index contributed by atoms with van der Waals surface area (Å²) in [6.07, 6.45) is 1.58. The van der Waals surface area contributed by atoms with E-state index in [0.717, 1.165) is 62.6 Å². The van der Waals surface area contributed by atoms with Gasteiger partial charge in [0.05, 0.1) is 11.4 Å². The Hall–Kier alpha value is -3.99. The molecule has 0 unspecified atom stereocenters. The predicted octanol–water partition coefficient (Wildman–Crippen LogP) is 7.41. The van der Waals surface area contributed by atoms with Gasteiger partial charge in [-0.05, 0) is 104 Å². The largest absolute Gasteiger partial charge is 0.398 e. The number of rotatable bonds is 7. The lowest BCUT2D eigenvalue weighted by Crippen LogP contribution is -2.06. The molecule has 0 radical (unpaired) electrons. The topological polar surface area (TPSA) is 91.4 Å². The molecule has 0 bridgehead atoms. The van der Waals surface area contributed by atoms with Crippen LogP contribution in [0, 0.1) is 26.2 Å². The molecule has 2 aromatic carbocycles. The fraction of sp³-hybridized carbons (Fsp3) is 0.258. The molecule has 0 aliphatic rings. The SMILES string of the molecule is CCC(=N)/C(C)=C(\N)c1cccc(-c2cc(-c3cccc(-c4n[nH]c(CC)c4C)n3)c(C)cc2C)c1. The van der Waals surface area contributed by atoms with Gasteiger partial charge >= 0.3 is 0 Å². The van der Waals surface area contributed by atoms with Crippen molar-refractivity contribution in [1.82, 2.24) is 15.2 Å². The summed E-state index contributed by atoms with van der Waals surface area (Å²) in [4.78, 5) is 5.01. The van der Waals surface area contributed by atoms with Crippen LogP contribution in [0.5, 0.6) is 0 Å². The number of allylic oxidation sites excluding steroid dienone is 1. The maximum Gasteiger partial charge on any atom is 0.114 e. The van der Waals surface area contributed by atoms with Crippen molar-refractivity contribution in [2.24, 2.45) is 5.73 Å². The predicted molar refractivity (Wildman–Crippen MR) is 151 cm³/mol. The number of hydrogen-bond acceptors (Lipinski definition) is 4. The molecule has 0 saturated heterocycles. The number of hydrogen-bond donors (Lipinski definition) is 3. The summed E-state index contributed by atoms with van der Waals surface area (Å²) in [5, 5.41) is 15.9. The molecule has 0 spiro atoms. The third-order valence-electron chi connectivity index (χ3n) is 7.00. The number of nitrogens with one attached hydrogen (secondary N) is 2. The van der Waals surface area contributed by atoms with Crippen LogP contribution in [0.4, 0.5) is 0 Å². The number of benzene rings is 2. The highest BCUT2D eigenvalue weighted by Gasteiger charge is 2.15. The summed E-state index contributed by atoms with van der Waals surface area (Å²) in [6.45, 7) is 12.4. The first-order valence-corrected chi connectivity index (χ1v) is 12.5. The Balaban J connectivity index is 1.79. The van der Waals surface area contributed by atoms with Crippen molar-refractivity contribution < 1.29 is 0 Å². The zero-order chi connectivity index (χ0) is 26.0. The Morgan fingerprint density at radius 2 is 1.61 bits per heavy atom. The maximum atomic E-state index is 8.18. The first-order valence-electron chi connectivity index (χ1n) is 12.5. The van der Waals surface area contributed by atoms with E-state index in [9.17, 15) is 0 Å². The number of aromatic nitrogens is 3. The monoisotopic (exact) mass is 477 g/mol. The minimum Gasteiger partial charge on any atom is -0.398 e. The quantitative estimate of drug-likeness (QED) is 0.242. The molecule has 0 saturated carbocycles. The summed E-state index contributed by atoms with van der Waals surface area (Å²) in [7, 11) is 0. The zero-order valence-corrected chi connectivity index (χ0v) is 22.1. The third-order valence-corrected chi connectivity index (χ3v) is 7.00. The van der Waals surface area contributed by atoms with E-state index in [4.69, 9.17) is 16.1 Å². The molecule has 5 heteroatoms. The summed E-state index contributed by atoms with van der Waals surface area (Å²) in [5.41, 5.74) is 20.2. The van der Waals surface area contributed by atoms with Gasteiger partial charge in [-0.2, -0.15) is 5.10 Å². The Labute approximate surface area is 214 Å². The second-order valence-corrected chi connectivity index (χ2v) is 9.37. The van der Waals surface area contributed by atoms with Crippen LogP contribution >= 0.6 is 0 Å². The molecule has 2 heterocycles. The zero-order valence-electron chi connectivity index (χ0n) is 22.1. The van der Waals surface area contributed by atoms with Crippen LogP contribution in [0.3, 0.4) is 0 Å². The van der Waals surface area contributed by atoms with Crippen molar-refractivity contribution in [3.05, 3.63) is 88.1 Å². The van der Waals surface area contributed by atoms with Crippen LogP contribution in [-0.2, 0) is 6.42 Å². The second-order valence-electron chi connectivity index (χ2n) is 9.37. The number of nitrogens with two attached hydrogens (primary N) is 1. The number of aromatic amines is 1. The minimum atomic E-state index is 0.566. The molecule has 0 atom stereocenters. The Morgan fingerprint density at radius 3 is 2.31 bits per heavy atom. The van der Waals surface area contributed by atoms with Gasteiger partial charge in [0.25, 0.3) is 0 Å². The highest BCUT2D eigenvalue weighted by atomic mass is 15.1. The molecular weight excluding hydrogens is 442 g/mol. The van der Waals surface area contributed by atoms with E-state index in [1.807, 2.05) is 38.1 Å². The average molecular weight is 478 g/mol. The van der Waals surface area contributed by atoms with Crippen LogP contribution in [-0.4, -0.2) is 20.9 Å². The standard InChI is InChI=1S/C31H35N5/c1-7-26(32)20(5)30(33)23-12-9-11-22(16-23)24-17-25(19(4)15-18(24)3)28-13-10-14-29(34-28)31-21(6)27(8-2)35-36-31/h9-17,32H,7-8,33H2,1-6H3,(H,35,36)/b30-20-,32-26?. The third kappa shape index (κ3) is 4.74. The summed E-state index contributed by atoms with van der Waals surface area (Å²) >= 11 is 0. The van der Waals surface area contributed by atoms with Gasteiger partial charge in [-0.25, -0.2) is 4.98 Å². The fourth-order valence-corrected chi connectivity index (χ4v) is 4.68. The van der Waals surface area contributed by atoms with E-state index in [-0.39, 0.29) is 0 Å². The number of nitrogens with zero attached hydrogens (tertiary/aromatic N) is 2. The van der Waals surface area contributed by atoms with Gasteiger partial charge in [0.2, 0.25) is 0 Å². The Morgan fingerprint density at radius 1 is 0.917 bits per heavy atom. The number of H-pyrrole nitrogens is 1. The van der Waals surface area contributed by atoms with Gasteiger partial charge in [-0.15, -0.1) is 0 Å². The smallest absolute Gasteiger partial charge is 0.114 e. The molecule has 4 aromatic rings. The normalized spacial score (nSPS) is 11.9. The van der Waals surface area contributed by atoms with Crippen LogP contribution < -0.4 is 5.73 Å². The first kappa shape index (κ1) is 25.1. The molecule has 2 aromatic heterocycles. The number of pyridine rings is 1. The van der Waals surface area contributed by atoms with E-state index in [2.05, 4.69) is 68.2 Å². The molecule has 0 aliphatic carbocycles. The Kier molecular flexibility index (Phi) is 7.20. The van der Waals surface area contributed by atoms with Gasteiger partial charge in [0.15, 0.2) is 0 Å². The maximum absolute atomic E-state index is 8.18. The molecular formula is C31H35N5. The van der Waals surface area contributed by atoms with Crippen LogP contribution in [0.1, 0.15) is 55.1 Å². The molecule has 4 rings (SSSR count). The van der Waals surface area contributed by atoms with Crippen molar-refractivity contribution in [2.75, 3.05) is 0 Å². The van der Waals surface area contributed by atoms with Gasteiger partial charge in [0, 0.05) is 22.7 Å². The van der Waals surface area contributed by atoms with Crippen molar-refractivity contribution in [3.63, 3.8) is 0 Å². The van der Waals surface area contributed by atoms with E-state index >= 15 is 0 Å². The van der Waals surface area contributed by atoms with Crippen molar-refractivity contribution in [1.29, 1.82) is 5.41 Å². The van der Waals surface area contributed by atoms with Crippen LogP contribution in [0.2, 0.25) is 0 Å². The number of aryl methyl sites for hydroxylation is 3. The van der Waals surface area contributed by atoms with E-state index in [0.29, 0.717) is 17.8 Å². The van der Waals surface area contributed by atoms with Gasteiger partial charge < -0.3 is 11.1 Å². The molecule has 0 aliphatic heterocycles. The molecule has 4 N–H and O–H groups in total. The Bertz CT molecular complexity index is 1470. The molecule has 0 amide bonds. The molecule has 36 heavy (non-hydrogen) atoms. The first-order chi connectivity index (χ1) is 17.2. The van der Waals surface area contributed by atoms with Crippen molar-refractivity contribution in [3.8, 4) is 33.8 Å². The summed E-state index contributed by atoms with van der Waals surface area (Å²) in [5.74, 6) is 0. The minimum absolute atomic E-state index is 0.566. The van der Waals surface area contributed by atoms with Gasteiger partial charge in [0.1, 0.15) is 5.69 Å². The molecule has 184 valence electrons. The molecule has 0 fully saturated rings. The highest BCUT2D eigenvalue weighted by molar-refractivity contribution is 6.03. The average Bonchev–Trinajstić information content (AvgIpc) is 3.27. The molecule has 5 nitrogen and oxygen atoms in total. The summed E-state index contributed by atoms with van der Waals surface area (Å²) in [6, 6.07) is 18.9. The van der Waals surface area contributed by atoms with Gasteiger partial charge in [-0.1, -0.05) is 44.2 Å². The van der Waals surface area contributed by atoms with E-state index < -0.39 is 0 Å². The van der Waals surface area contributed by atoms with Crippen molar-refractivity contribution in [2.45, 2.75) is 54.4 Å². The summed E-state index contributed by atoms with van der Waals surface area (Å²) < 4.78 is 0. The van der Waals surface area contributed by atoms with Crippen LogP contribution in [0.25, 0.3) is 39.5 Å². The van der Waals surface area contributed by atoms with Gasteiger partial charge in [-0.3, -0.25) is 5.10 Å². The lowest BCUT2D eigenvalue weighted by atomic mass is 9.92. The van der Waals surface area contributed by atoms with Crippen molar-refractivity contribution >= 4 is 11.4 Å². The fourth-order valence-electron chi connectivity index (χ4n) is 4.68. The van der Waals surface area contributed by atoms with E-state index in [1.165, 1.54) is 11.1 Å². The highest BCUT2D eigenvalue weighted by Crippen LogP contribution is 2.34. The lowest BCUT2D eigenvalue weighted by Gasteiger charge is -2.15. The van der Waals surface area contributed by atoms with E-state index in [1.54, 1.807) is 0 Å². The lowest BCUT2D eigenvalue weighted by molar-refractivity contribution is 0.969. The second kappa shape index (κ2) is 10.3.